The molecule has 0 bridgehead atoms. The monoisotopic (exact) mass is 222 g/mol. The fourth-order valence-corrected chi connectivity index (χ4v) is 1.90. The van der Waals surface area contributed by atoms with Crippen molar-refractivity contribution in [2.75, 3.05) is 0 Å². The lowest BCUT2D eigenvalue weighted by Crippen LogP contribution is -1.77. The minimum atomic E-state index is 1.01. The van der Waals surface area contributed by atoms with Gasteiger partial charge in [0.2, 0.25) is 0 Å². The summed E-state index contributed by atoms with van der Waals surface area (Å²) in [4.78, 5) is 0. The Morgan fingerprint density at radius 2 is 1.76 bits per heavy atom. The van der Waals surface area contributed by atoms with Crippen LogP contribution in [0.2, 0.25) is 0 Å². The summed E-state index contributed by atoms with van der Waals surface area (Å²) in [7, 11) is 0. The van der Waals surface area contributed by atoms with E-state index in [0.717, 1.165) is 12.0 Å². The van der Waals surface area contributed by atoms with E-state index in [0.29, 0.717) is 0 Å². The van der Waals surface area contributed by atoms with Gasteiger partial charge in [-0.2, -0.15) is 0 Å². The minimum absolute atomic E-state index is 1.01. The molecule has 0 spiro atoms. The first-order chi connectivity index (χ1) is 8.40. The molecule has 0 unspecified atom stereocenters. The molecule has 0 heteroatoms. The van der Waals surface area contributed by atoms with Gasteiger partial charge in [0, 0.05) is 12.0 Å². The molecule has 0 atom stereocenters. The fourth-order valence-electron chi connectivity index (χ4n) is 1.90. The number of unbranched alkanes of at least 4 members (excludes halogenated alkanes) is 3. The van der Waals surface area contributed by atoms with E-state index >= 15 is 0 Å². The predicted molar refractivity (Wildman–Crippen MR) is 75.0 cm³/mol. The average Bonchev–Trinajstić information content (AvgIpc) is 2.38. The van der Waals surface area contributed by atoms with Crippen molar-refractivity contribution in [2.24, 2.45) is 0 Å². The molecule has 0 aromatic heterocycles. The third-order valence-electron chi connectivity index (χ3n) is 2.89. The summed E-state index contributed by atoms with van der Waals surface area (Å²) >= 11 is 0. The van der Waals surface area contributed by atoms with E-state index in [1.807, 2.05) is 0 Å². The van der Waals surface area contributed by atoms with Crippen molar-refractivity contribution >= 4 is 10.8 Å². The summed E-state index contributed by atoms with van der Waals surface area (Å²) in [5, 5.41) is 2.55. The van der Waals surface area contributed by atoms with Crippen LogP contribution in [0.25, 0.3) is 10.8 Å². The molecule has 0 heterocycles. The Bertz CT molecular complexity index is 540. The predicted octanol–water partition coefficient (Wildman–Crippen LogP) is 4.77. The van der Waals surface area contributed by atoms with Gasteiger partial charge in [0.25, 0.3) is 0 Å². The fraction of sp³-hybridized carbons (Fsp3) is 0.294. The molecular formula is C17H18. The van der Waals surface area contributed by atoms with E-state index in [1.165, 1.54) is 30.0 Å². The zero-order chi connectivity index (χ0) is 11.9. The minimum Gasteiger partial charge on any atom is -0.0979 e. The zero-order valence-electron chi connectivity index (χ0n) is 10.4. The first kappa shape index (κ1) is 11.7. The van der Waals surface area contributed by atoms with Crippen molar-refractivity contribution < 1.29 is 0 Å². The highest BCUT2D eigenvalue weighted by atomic mass is 14.0. The van der Waals surface area contributed by atoms with Crippen LogP contribution in [0.5, 0.6) is 0 Å². The van der Waals surface area contributed by atoms with Gasteiger partial charge in [-0.25, -0.2) is 0 Å². The summed E-state index contributed by atoms with van der Waals surface area (Å²) in [5.74, 6) is 6.50. The van der Waals surface area contributed by atoms with E-state index in [4.69, 9.17) is 0 Å². The maximum Gasteiger partial charge on any atom is 0.0251 e. The number of hydrogen-bond acceptors (Lipinski definition) is 0. The van der Waals surface area contributed by atoms with Crippen molar-refractivity contribution in [1.29, 1.82) is 0 Å². The van der Waals surface area contributed by atoms with Crippen LogP contribution < -0.4 is 0 Å². The molecule has 0 saturated heterocycles. The highest BCUT2D eigenvalue weighted by molar-refractivity contribution is 5.83. The van der Waals surface area contributed by atoms with Crippen molar-refractivity contribution in [3.8, 4) is 11.8 Å². The van der Waals surface area contributed by atoms with E-state index in [2.05, 4.69) is 61.2 Å². The number of hydrogen-bond donors (Lipinski definition) is 0. The molecule has 0 radical (unpaired) electrons. The second-order valence-corrected chi connectivity index (χ2v) is 4.32. The van der Waals surface area contributed by atoms with Gasteiger partial charge in [0.05, 0.1) is 0 Å². The van der Waals surface area contributed by atoms with Gasteiger partial charge in [0.1, 0.15) is 0 Å². The highest BCUT2D eigenvalue weighted by Gasteiger charge is 1.92. The SMILES string of the molecule is CCCCCC#Cc1ccc2ccccc2c1. The molecule has 2 rings (SSSR count). The van der Waals surface area contributed by atoms with Crippen LogP contribution in [0.1, 0.15) is 38.2 Å². The smallest absolute Gasteiger partial charge is 0.0251 e. The second kappa shape index (κ2) is 6.11. The van der Waals surface area contributed by atoms with Crippen LogP contribution in [0.4, 0.5) is 0 Å². The van der Waals surface area contributed by atoms with Crippen molar-refractivity contribution in [1.82, 2.24) is 0 Å². The summed E-state index contributed by atoms with van der Waals surface area (Å²) in [5.41, 5.74) is 1.13. The van der Waals surface area contributed by atoms with Crippen LogP contribution in [0.3, 0.4) is 0 Å². The Hall–Kier alpha value is -1.74. The van der Waals surface area contributed by atoms with Crippen LogP contribution in [-0.4, -0.2) is 0 Å². The largest absolute Gasteiger partial charge is 0.0979 e. The molecule has 0 N–H and O–H groups in total. The van der Waals surface area contributed by atoms with E-state index in [9.17, 15) is 0 Å². The summed E-state index contributed by atoms with van der Waals surface area (Å²) in [6.45, 7) is 2.22. The van der Waals surface area contributed by atoms with Crippen molar-refractivity contribution in [3.05, 3.63) is 48.0 Å². The lowest BCUT2D eigenvalue weighted by molar-refractivity contribution is 0.737. The Balaban J connectivity index is 2.08. The Labute approximate surface area is 104 Å². The Morgan fingerprint density at radius 3 is 2.59 bits per heavy atom. The van der Waals surface area contributed by atoms with E-state index < -0.39 is 0 Å². The first-order valence-corrected chi connectivity index (χ1v) is 6.38. The maximum atomic E-state index is 3.25. The van der Waals surface area contributed by atoms with Gasteiger partial charge in [-0.3, -0.25) is 0 Å². The van der Waals surface area contributed by atoms with Gasteiger partial charge < -0.3 is 0 Å². The Kier molecular flexibility index (Phi) is 4.22. The molecule has 0 aliphatic rings. The summed E-state index contributed by atoms with van der Waals surface area (Å²) in [6.07, 6.45) is 4.78. The summed E-state index contributed by atoms with van der Waals surface area (Å²) < 4.78 is 0. The molecule has 17 heavy (non-hydrogen) atoms. The number of benzene rings is 2. The van der Waals surface area contributed by atoms with Gasteiger partial charge in [0.15, 0.2) is 0 Å². The third kappa shape index (κ3) is 3.36. The van der Waals surface area contributed by atoms with Gasteiger partial charge in [-0.15, -0.1) is 0 Å². The van der Waals surface area contributed by atoms with E-state index in [-0.39, 0.29) is 0 Å². The maximum absolute atomic E-state index is 3.25. The van der Waals surface area contributed by atoms with Crippen molar-refractivity contribution in [2.45, 2.75) is 32.6 Å². The molecule has 0 saturated carbocycles. The van der Waals surface area contributed by atoms with Gasteiger partial charge in [-0.05, 0) is 29.3 Å². The molecule has 2 aromatic rings. The van der Waals surface area contributed by atoms with Crippen LogP contribution in [0, 0.1) is 11.8 Å². The lowest BCUT2D eigenvalue weighted by Gasteiger charge is -1.97. The standard InChI is InChI=1S/C17H18/c1-2-3-4-5-6-9-15-12-13-16-10-7-8-11-17(16)14-15/h7-8,10-14H,2-5H2,1H3. The van der Waals surface area contributed by atoms with Gasteiger partial charge in [-0.1, -0.05) is 61.9 Å². The molecule has 86 valence electrons. The molecule has 0 amide bonds. The second-order valence-electron chi connectivity index (χ2n) is 4.32. The highest BCUT2D eigenvalue weighted by Crippen LogP contribution is 2.14. The van der Waals surface area contributed by atoms with Crippen molar-refractivity contribution in [3.63, 3.8) is 0 Å². The zero-order valence-corrected chi connectivity index (χ0v) is 10.4. The number of fused-ring (bicyclic) bond motifs is 1. The quantitative estimate of drug-likeness (QED) is 0.518. The molecule has 0 fully saturated rings. The molecule has 0 nitrogen and oxygen atoms in total. The molecule has 2 aromatic carbocycles. The molecule has 0 aliphatic heterocycles. The first-order valence-electron chi connectivity index (χ1n) is 6.38. The van der Waals surface area contributed by atoms with Crippen LogP contribution >= 0.6 is 0 Å². The Morgan fingerprint density at radius 1 is 0.941 bits per heavy atom. The third-order valence-corrected chi connectivity index (χ3v) is 2.89. The van der Waals surface area contributed by atoms with Gasteiger partial charge >= 0.3 is 0 Å². The normalized spacial score (nSPS) is 9.94. The average molecular weight is 222 g/mol. The molecule has 0 aliphatic carbocycles. The molecular weight excluding hydrogens is 204 g/mol. The summed E-state index contributed by atoms with van der Waals surface area (Å²) in [6, 6.07) is 14.8. The topological polar surface area (TPSA) is 0 Å². The van der Waals surface area contributed by atoms with Crippen LogP contribution in [-0.2, 0) is 0 Å². The number of rotatable bonds is 3. The van der Waals surface area contributed by atoms with E-state index in [1.54, 1.807) is 0 Å². The van der Waals surface area contributed by atoms with Crippen LogP contribution in [0.15, 0.2) is 42.5 Å². The lowest BCUT2D eigenvalue weighted by atomic mass is 10.1.